The van der Waals surface area contributed by atoms with E-state index < -0.39 is 11.7 Å². The van der Waals surface area contributed by atoms with Crippen LogP contribution < -0.4 is 4.74 Å². The van der Waals surface area contributed by atoms with Crippen LogP contribution in [0.3, 0.4) is 0 Å². The van der Waals surface area contributed by atoms with E-state index in [1.807, 2.05) is 24.3 Å². The molecule has 28 heavy (non-hydrogen) atoms. The minimum Gasteiger partial charge on any atom is -0.454 e. The van der Waals surface area contributed by atoms with E-state index in [2.05, 4.69) is 28.6 Å². The third-order valence-electron chi connectivity index (χ3n) is 5.20. The van der Waals surface area contributed by atoms with Crippen LogP contribution >= 0.6 is 0 Å². The number of hydrogen-bond acceptors (Lipinski definition) is 4. The van der Waals surface area contributed by atoms with Gasteiger partial charge in [0, 0.05) is 32.2 Å². The molecule has 2 heterocycles. The Morgan fingerprint density at radius 2 is 1.68 bits per heavy atom. The van der Waals surface area contributed by atoms with Crippen molar-refractivity contribution in [3.63, 3.8) is 0 Å². The van der Waals surface area contributed by atoms with Gasteiger partial charge in [-0.15, -0.1) is 0 Å². The number of fused-ring (bicyclic) bond motifs is 2. The summed E-state index contributed by atoms with van der Waals surface area (Å²) < 4.78 is 45.5. The normalized spacial score (nSPS) is 17.5. The molecular weight excluding hydrogens is 367 g/mol. The molecule has 2 aromatic carbocycles. The van der Waals surface area contributed by atoms with Crippen LogP contribution in [0.25, 0.3) is 0 Å². The summed E-state index contributed by atoms with van der Waals surface area (Å²) in [6, 6.07) is 11.4. The minimum atomic E-state index is -4.42. The first kappa shape index (κ1) is 18.8. The maximum absolute atomic E-state index is 13.2. The highest BCUT2D eigenvalue weighted by atomic mass is 19.4. The van der Waals surface area contributed by atoms with Crippen LogP contribution in [0.4, 0.5) is 18.9 Å². The molecular formula is C21H22F3N3O. The second kappa shape index (κ2) is 7.13. The van der Waals surface area contributed by atoms with Gasteiger partial charge < -0.3 is 9.64 Å². The highest BCUT2D eigenvalue weighted by Crippen LogP contribution is 2.41. The fraction of sp³-hybridized carbons (Fsp3) is 0.381. The van der Waals surface area contributed by atoms with Gasteiger partial charge in [0.1, 0.15) is 17.3 Å². The van der Waals surface area contributed by atoms with Crippen LogP contribution in [0, 0.1) is 0 Å². The van der Waals surface area contributed by atoms with Crippen molar-refractivity contribution in [2.45, 2.75) is 26.1 Å². The molecule has 2 aromatic rings. The fourth-order valence-corrected chi connectivity index (χ4v) is 3.59. The van der Waals surface area contributed by atoms with E-state index in [4.69, 9.17) is 4.74 Å². The second-order valence-corrected chi connectivity index (χ2v) is 7.33. The first-order valence-corrected chi connectivity index (χ1v) is 9.39. The van der Waals surface area contributed by atoms with Gasteiger partial charge >= 0.3 is 6.18 Å². The number of hydrogen-bond donors (Lipinski definition) is 0. The van der Waals surface area contributed by atoms with Gasteiger partial charge in [-0.25, -0.2) is 4.99 Å². The average molecular weight is 389 g/mol. The summed E-state index contributed by atoms with van der Waals surface area (Å²) in [6.45, 7) is 7.62. The van der Waals surface area contributed by atoms with Crippen LogP contribution in [0.2, 0.25) is 0 Å². The van der Waals surface area contributed by atoms with E-state index in [1.165, 1.54) is 6.07 Å². The van der Waals surface area contributed by atoms with Crippen LogP contribution in [-0.2, 0) is 6.18 Å². The topological polar surface area (TPSA) is 28.1 Å². The number of nitrogens with zero attached hydrogens (tertiary/aromatic N) is 3. The molecule has 4 nitrogen and oxygen atoms in total. The van der Waals surface area contributed by atoms with Crippen molar-refractivity contribution >= 4 is 11.5 Å². The quantitative estimate of drug-likeness (QED) is 0.693. The molecule has 0 spiro atoms. The molecule has 0 saturated carbocycles. The molecule has 0 unspecified atom stereocenters. The number of rotatable bonds is 1. The van der Waals surface area contributed by atoms with Crippen LogP contribution in [-0.4, -0.2) is 47.9 Å². The zero-order valence-electron chi connectivity index (χ0n) is 15.8. The second-order valence-electron chi connectivity index (χ2n) is 7.33. The number of amidine groups is 1. The van der Waals surface area contributed by atoms with Gasteiger partial charge in [0.15, 0.2) is 5.75 Å². The van der Waals surface area contributed by atoms with Gasteiger partial charge in [-0.2, -0.15) is 13.2 Å². The van der Waals surface area contributed by atoms with Crippen molar-refractivity contribution in [2.24, 2.45) is 4.99 Å². The van der Waals surface area contributed by atoms with E-state index in [1.54, 1.807) is 0 Å². The molecule has 1 fully saturated rings. The zero-order chi connectivity index (χ0) is 19.9. The SMILES string of the molecule is CC(C)N1CCN(C2=Nc3cc(C(F)(F)F)ccc3Oc3ccccc32)CC1. The number of para-hydroxylation sites is 1. The molecule has 0 aromatic heterocycles. The summed E-state index contributed by atoms with van der Waals surface area (Å²) in [5.41, 5.74) is 0.270. The molecule has 2 aliphatic rings. The van der Waals surface area contributed by atoms with Crippen molar-refractivity contribution < 1.29 is 17.9 Å². The Bertz CT molecular complexity index is 900. The zero-order valence-corrected chi connectivity index (χ0v) is 15.8. The lowest BCUT2D eigenvalue weighted by molar-refractivity contribution is -0.137. The Morgan fingerprint density at radius 1 is 0.964 bits per heavy atom. The molecule has 1 saturated heterocycles. The Labute approximate surface area is 162 Å². The summed E-state index contributed by atoms with van der Waals surface area (Å²) in [5.74, 6) is 1.60. The monoisotopic (exact) mass is 389 g/mol. The lowest BCUT2D eigenvalue weighted by Gasteiger charge is -2.38. The molecule has 2 aliphatic heterocycles. The highest BCUT2D eigenvalue weighted by Gasteiger charge is 2.32. The molecule has 4 rings (SSSR count). The number of halogens is 3. The van der Waals surface area contributed by atoms with Crippen molar-refractivity contribution in [3.8, 4) is 11.5 Å². The molecule has 0 radical (unpaired) electrons. The first-order valence-electron chi connectivity index (χ1n) is 9.39. The summed E-state index contributed by atoms with van der Waals surface area (Å²) >= 11 is 0. The number of benzene rings is 2. The molecule has 7 heteroatoms. The van der Waals surface area contributed by atoms with Crippen LogP contribution in [0.1, 0.15) is 25.0 Å². The maximum Gasteiger partial charge on any atom is 0.416 e. The van der Waals surface area contributed by atoms with Gasteiger partial charge in [-0.05, 0) is 44.2 Å². The number of alkyl halides is 3. The minimum absolute atomic E-state index is 0.201. The van der Waals surface area contributed by atoms with Crippen molar-refractivity contribution in [1.29, 1.82) is 0 Å². The van der Waals surface area contributed by atoms with E-state index >= 15 is 0 Å². The number of aliphatic imine (C=N–C) groups is 1. The first-order chi connectivity index (χ1) is 13.3. The molecule has 0 atom stereocenters. The smallest absolute Gasteiger partial charge is 0.416 e. The molecule has 0 bridgehead atoms. The Kier molecular flexibility index (Phi) is 4.79. The van der Waals surface area contributed by atoms with Crippen molar-refractivity contribution in [1.82, 2.24) is 9.80 Å². The van der Waals surface area contributed by atoms with Gasteiger partial charge in [-0.1, -0.05) is 12.1 Å². The predicted molar refractivity (Wildman–Crippen MR) is 102 cm³/mol. The highest BCUT2D eigenvalue weighted by molar-refractivity contribution is 6.03. The maximum atomic E-state index is 13.2. The molecule has 0 N–H and O–H groups in total. The van der Waals surface area contributed by atoms with Crippen molar-refractivity contribution in [3.05, 3.63) is 53.6 Å². The summed E-state index contributed by atoms with van der Waals surface area (Å²) in [7, 11) is 0. The summed E-state index contributed by atoms with van der Waals surface area (Å²) in [6.07, 6.45) is -4.42. The largest absolute Gasteiger partial charge is 0.454 e. The Hall–Kier alpha value is -2.54. The fourth-order valence-electron chi connectivity index (χ4n) is 3.59. The number of piperazine rings is 1. The predicted octanol–water partition coefficient (Wildman–Crippen LogP) is 4.92. The third kappa shape index (κ3) is 3.58. The van der Waals surface area contributed by atoms with E-state index in [0.29, 0.717) is 23.4 Å². The lowest BCUT2D eigenvalue weighted by atomic mass is 10.1. The van der Waals surface area contributed by atoms with Gasteiger partial charge in [0.2, 0.25) is 0 Å². The number of ether oxygens (including phenoxy) is 1. The van der Waals surface area contributed by atoms with Gasteiger partial charge in [-0.3, -0.25) is 4.90 Å². The Balaban J connectivity index is 1.76. The molecule has 148 valence electrons. The van der Waals surface area contributed by atoms with Gasteiger partial charge in [0.05, 0.1) is 11.1 Å². The van der Waals surface area contributed by atoms with Crippen molar-refractivity contribution in [2.75, 3.05) is 26.2 Å². The van der Waals surface area contributed by atoms with E-state index in [-0.39, 0.29) is 5.69 Å². The lowest BCUT2D eigenvalue weighted by Crippen LogP contribution is -2.50. The van der Waals surface area contributed by atoms with Crippen LogP contribution in [0.5, 0.6) is 11.5 Å². The van der Waals surface area contributed by atoms with Gasteiger partial charge in [0.25, 0.3) is 0 Å². The average Bonchev–Trinajstić information content (AvgIpc) is 2.83. The van der Waals surface area contributed by atoms with Crippen LogP contribution in [0.15, 0.2) is 47.5 Å². The van der Waals surface area contributed by atoms with E-state index in [0.717, 1.165) is 43.9 Å². The molecule has 0 amide bonds. The standard InChI is InChI=1S/C21H22F3N3O/c1-14(2)26-9-11-27(12-10-26)20-16-5-3-4-6-18(16)28-19-8-7-15(21(22,23)24)13-17(19)25-20/h3-8,13-14H,9-12H2,1-2H3. The summed E-state index contributed by atoms with van der Waals surface area (Å²) in [5, 5.41) is 0. The third-order valence-corrected chi connectivity index (χ3v) is 5.20. The summed E-state index contributed by atoms with van der Waals surface area (Å²) in [4.78, 5) is 9.16. The van der Waals surface area contributed by atoms with E-state index in [9.17, 15) is 13.2 Å². The Morgan fingerprint density at radius 3 is 2.36 bits per heavy atom. The molecule has 0 aliphatic carbocycles.